The first-order valence-corrected chi connectivity index (χ1v) is 7.49. The lowest BCUT2D eigenvalue weighted by Crippen LogP contribution is -2.44. The van der Waals surface area contributed by atoms with Crippen molar-refractivity contribution in [3.8, 4) is 0 Å². The molecule has 1 heterocycles. The minimum Gasteiger partial charge on any atom is -0.308 e. The van der Waals surface area contributed by atoms with Crippen LogP contribution in [0, 0.1) is 6.92 Å². The number of hydrogen-bond acceptors (Lipinski definition) is 5. The van der Waals surface area contributed by atoms with Crippen molar-refractivity contribution in [1.29, 1.82) is 0 Å². The van der Waals surface area contributed by atoms with Gasteiger partial charge in [-0.05, 0) is 21.0 Å². The van der Waals surface area contributed by atoms with Gasteiger partial charge in [0.15, 0.2) is 4.90 Å². The number of aromatic nitrogens is 2. The summed E-state index contributed by atoms with van der Waals surface area (Å²) in [6.45, 7) is 2.12. The van der Waals surface area contributed by atoms with E-state index in [0.29, 0.717) is 6.54 Å². The minimum absolute atomic E-state index is 0.121. The van der Waals surface area contributed by atoms with E-state index in [-0.39, 0.29) is 17.1 Å². The quantitative estimate of drug-likeness (QED) is 0.695. The Morgan fingerprint density at radius 3 is 2.20 bits per heavy atom. The maximum Gasteiger partial charge on any atom is 0.330 e. The second kappa shape index (κ2) is 5.90. The van der Waals surface area contributed by atoms with E-state index >= 15 is 0 Å². The smallest absolute Gasteiger partial charge is 0.308 e. The molecule has 0 atom stereocenters. The van der Waals surface area contributed by atoms with E-state index in [1.165, 1.54) is 21.0 Å². The second-order valence-corrected chi connectivity index (χ2v) is 6.53. The Morgan fingerprint density at radius 1 is 1.15 bits per heavy atom. The molecule has 0 saturated heterocycles. The van der Waals surface area contributed by atoms with Gasteiger partial charge in [-0.25, -0.2) is 17.9 Å². The van der Waals surface area contributed by atoms with Crippen LogP contribution in [0.25, 0.3) is 0 Å². The molecular formula is C11H20N4O4S. The lowest BCUT2D eigenvalue weighted by atomic mass is 10.4. The van der Waals surface area contributed by atoms with E-state index in [1.807, 2.05) is 19.0 Å². The van der Waals surface area contributed by atoms with Gasteiger partial charge >= 0.3 is 5.69 Å². The van der Waals surface area contributed by atoms with Gasteiger partial charge in [-0.2, -0.15) is 0 Å². The molecule has 1 aromatic heterocycles. The molecule has 1 N–H and O–H groups in total. The first-order chi connectivity index (χ1) is 9.09. The number of likely N-dealkylation sites (N-methyl/N-ethyl adjacent to an activating group) is 1. The predicted octanol–water partition coefficient (Wildman–Crippen LogP) is -1.77. The van der Waals surface area contributed by atoms with Crippen LogP contribution in [0.5, 0.6) is 0 Å². The van der Waals surface area contributed by atoms with Crippen LogP contribution in [-0.2, 0) is 24.1 Å². The molecule has 0 saturated carbocycles. The third-order valence-corrected chi connectivity index (χ3v) is 4.62. The van der Waals surface area contributed by atoms with Gasteiger partial charge in [-0.1, -0.05) is 0 Å². The van der Waals surface area contributed by atoms with Crippen molar-refractivity contribution < 1.29 is 8.42 Å². The van der Waals surface area contributed by atoms with Gasteiger partial charge in [-0.3, -0.25) is 13.9 Å². The van der Waals surface area contributed by atoms with E-state index in [4.69, 9.17) is 0 Å². The number of nitrogens with zero attached hydrogens (tertiary/aromatic N) is 3. The van der Waals surface area contributed by atoms with Crippen LogP contribution in [0.2, 0.25) is 0 Å². The summed E-state index contributed by atoms with van der Waals surface area (Å²) in [4.78, 5) is 25.1. The lowest BCUT2D eigenvalue weighted by Gasteiger charge is -2.14. The summed E-state index contributed by atoms with van der Waals surface area (Å²) in [5.74, 6) is 0. The normalized spacial score (nSPS) is 12.1. The first-order valence-electron chi connectivity index (χ1n) is 6.00. The maximum atomic E-state index is 12.2. The van der Waals surface area contributed by atoms with Crippen LogP contribution < -0.4 is 16.0 Å². The average Bonchev–Trinajstić information content (AvgIpc) is 2.33. The summed E-state index contributed by atoms with van der Waals surface area (Å²) in [6, 6.07) is 0. The van der Waals surface area contributed by atoms with Gasteiger partial charge in [0.25, 0.3) is 5.56 Å². The topological polar surface area (TPSA) is 93.4 Å². The zero-order valence-corrected chi connectivity index (χ0v) is 13.1. The predicted molar refractivity (Wildman–Crippen MR) is 75.4 cm³/mol. The van der Waals surface area contributed by atoms with Gasteiger partial charge < -0.3 is 4.90 Å². The molecule has 0 aliphatic heterocycles. The van der Waals surface area contributed by atoms with Crippen LogP contribution in [-0.4, -0.2) is 49.6 Å². The molecule has 20 heavy (non-hydrogen) atoms. The summed E-state index contributed by atoms with van der Waals surface area (Å²) >= 11 is 0. The van der Waals surface area contributed by atoms with Gasteiger partial charge in [0.1, 0.15) is 0 Å². The monoisotopic (exact) mass is 304 g/mol. The van der Waals surface area contributed by atoms with Crippen LogP contribution in [0.3, 0.4) is 0 Å². The van der Waals surface area contributed by atoms with Crippen molar-refractivity contribution >= 4 is 10.0 Å². The maximum absolute atomic E-state index is 12.2. The molecule has 0 bridgehead atoms. The van der Waals surface area contributed by atoms with E-state index < -0.39 is 21.3 Å². The van der Waals surface area contributed by atoms with Gasteiger partial charge in [-0.15, -0.1) is 0 Å². The molecule has 0 spiro atoms. The first kappa shape index (κ1) is 16.6. The highest BCUT2D eigenvalue weighted by molar-refractivity contribution is 7.89. The van der Waals surface area contributed by atoms with E-state index in [9.17, 15) is 18.0 Å². The second-order valence-electron chi connectivity index (χ2n) is 4.82. The van der Waals surface area contributed by atoms with Crippen LogP contribution in [0.4, 0.5) is 0 Å². The molecule has 1 aromatic rings. The lowest BCUT2D eigenvalue weighted by molar-refractivity contribution is 0.412. The molecule has 0 amide bonds. The highest BCUT2D eigenvalue weighted by atomic mass is 32.2. The zero-order valence-electron chi connectivity index (χ0n) is 12.3. The Balaban J connectivity index is 3.33. The Hall–Kier alpha value is -1.45. The highest BCUT2D eigenvalue weighted by Crippen LogP contribution is 2.06. The molecule has 8 nitrogen and oxygen atoms in total. The summed E-state index contributed by atoms with van der Waals surface area (Å²) in [6.07, 6.45) is 0. The molecule has 0 radical (unpaired) electrons. The molecule has 0 aliphatic carbocycles. The summed E-state index contributed by atoms with van der Waals surface area (Å²) in [5.41, 5.74) is -1.25. The summed E-state index contributed by atoms with van der Waals surface area (Å²) < 4.78 is 28.7. The van der Waals surface area contributed by atoms with Crippen molar-refractivity contribution in [2.45, 2.75) is 11.8 Å². The zero-order chi connectivity index (χ0) is 15.7. The molecule has 114 valence electrons. The van der Waals surface area contributed by atoms with Gasteiger partial charge in [0, 0.05) is 32.9 Å². The van der Waals surface area contributed by atoms with Crippen molar-refractivity contribution in [3.05, 3.63) is 26.5 Å². The third kappa shape index (κ3) is 3.17. The van der Waals surface area contributed by atoms with Crippen molar-refractivity contribution in [2.24, 2.45) is 14.1 Å². The number of hydrogen-bond donors (Lipinski definition) is 1. The van der Waals surface area contributed by atoms with Crippen molar-refractivity contribution in [3.63, 3.8) is 0 Å². The Labute approximate surface area is 117 Å². The summed E-state index contributed by atoms with van der Waals surface area (Å²) in [7, 11) is 2.35. The number of rotatable bonds is 5. The van der Waals surface area contributed by atoms with E-state index in [1.54, 1.807) is 0 Å². The fourth-order valence-corrected chi connectivity index (χ4v) is 3.10. The minimum atomic E-state index is -3.95. The fourth-order valence-electron chi connectivity index (χ4n) is 1.70. The van der Waals surface area contributed by atoms with Crippen molar-refractivity contribution in [1.82, 2.24) is 18.8 Å². The molecule has 0 aliphatic rings. The molecule has 1 rings (SSSR count). The largest absolute Gasteiger partial charge is 0.330 e. The van der Waals surface area contributed by atoms with Crippen LogP contribution in [0.15, 0.2) is 14.5 Å². The van der Waals surface area contributed by atoms with Crippen LogP contribution >= 0.6 is 0 Å². The molecular weight excluding hydrogens is 284 g/mol. The molecule has 0 aromatic carbocycles. The van der Waals surface area contributed by atoms with E-state index in [0.717, 1.165) is 9.13 Å². The number of sulfonamides is 1. The molecule has 0 unspecified atom stereocenters. The fraction of sp³-hybridized carbons (Fsp3) is 0.636. The van der Waals surface area contributed by atoms with Crippen LogP contribution in [0.1, 0.15) is 5.69 Å². The average molecular weight is 304 g/mol. The van der Waals surface area contributed by atoms with Crippen molar-refractivity contribution in [2.75, 3.05) is 27.2 Å². The SMILES string of the molecule is Cc1c(S(=O)(=O)NCCN(C)C)c(=O)n(C)c(=O)n1C. The Bertz CT molecular complexity index is 715. The van der Waals surface area contributed by atoms with E-state index in [2.05, 4.69) is 4.72 Å². The Kier molecular flexibility index (Phi) is 4.90. The third-order valence-electron chi connectivity index (χ3n) is 3.02. The van der Waals surface area contributed by atoms with Gasteiger partial charge in [0.2, 0.25) is 10.0 Å². The highest BCUT2D eigenvalue weighted by Gasteiger charge is 2.24. The molecule has 0 fully saturated rings. The standard InChI is InChI=1S/C11H20N4O4S/c1-8-9(10(16)15(5)11(17)14(8)4)20(18,19)12-6-7-13(2)3/h12H,6-7H2,1-5H3. The van der Waals surface area contributed by atoms with Gasteiger partial charge in [0.05, 0.1) is 0 Å². The number of nitrogens with one attached hydrogen (secondary N) is 1. The molecule has 9 heteroatoms. The summed E-state index contributed by atoms with van der Waals surface area (Å²) in [5, 5.41) is 0. The Morgan fingerprint density at radius 2 is 1.70 bits per heavy atom.